The van der Waals surface area contributed by atoms with Crippen molar-refractivity contribution in [1.29, 1.82) is 0 Å². The lowest BCUT2D eigenvalue weighted by molar-refractivity contribution is -0.136. The van der Waals surface area contributed by atoms with Gasteiger partial charge >= 0.3 is 5.97 Å². The van der Waals surface area contributed by atoms with Crippen LogP contribution in [-0.4, -0.2) is 47.0 Å². The summed E-state index contributed by atoms with van der Waals surface area (Å²) in [5.74, 6) is -0.939. The Hall–Kier alpha value is -1.63. The molecule has 1 aromatic rings. The fourth-order valence-corrected chi connectivity index (χ4v) is 1.80. The summed E-state index contributed by atoms with van der Waals surface area (Å²) in [5, 5.41) is 13.7. The number of thiazole rings is 1. The van der Waals surface area contributed by atoms with E-state index in [-0.39, 0.29) is 18.9 Å². The molecular weight excluding hydrogens is 242 g/mol. The highest BCUT2D eigenvalue weighted by Crippen LogP contribution is 2.15. The van der Waals surface area contributed by atoms with Crippen LogP contribution in [0, 0.1) is 0 Å². The Morgan fingerprint density at radius 3 is 2.88 bits per heavy atom. The van der Waals surface area contributed by atoms with E-state index >= 15 is 0 Å². The van der Waals surface area contributed by atoms with Crippen molar-refractivity contribution in [2.24, 2.45) is 0 Å². The van der Waals surface area contributed by atoms with Crippen LogP contribution >= 0.6 is 11.3 Å². The molecule has 1 heterocycles. The summed E-state index contributed by atoms with van der Waals surface area (Å²) >= 11 is 1.30. The average Bonchev–Trinajstić information content (AvgIpc) is 2.71. The highest BCUT2D eigenvalue weighted by Gasteiger charge is 2.09. The van der Waals surface area contributed by atoms with E-state index < -0.39 is 5.97 Å². The third-order valence-corrected chi connectivity index (χ3v) is 3.02. The molecular formula is C10H15N3O3S. The van der Waals surface area contributed by atoms with Gasteiger partial charge in [0.2, 0.25) is 5.91 Å². The van der Waals surface area contributed by atoms with Gasteiger partial charge in [-0.25, -0.2) is 4.98 Å². The fraction of sp³-hybridized carbons (Fsp3) is 0.500. The number of hydrogen-bond donors (Lipinski definition) is 2. The Bertz CT molecular complexity index is 405. The van der Waals surface area contributed by atoms with E-state index in [4.69, 9.17) is 5.11 Å². The molecule has 0 atom stereocenters. The summed E-state index contributed by atoms with van der Waals surface area (Å²) in [6.45, 7) is 2.72. The quantitative estimate of drug-likeness (QED) is 0.782. The normalized spacial score (nSPS) is 10.0. The Labute approximate surface area is 103 Å². The first-order valence-corrected chi connectivity index (χ1v) is 6.05. The average molecular weight is 257 g/mol. The number of carboxylic acids is 1. The number of hydrogen-bond acceptors (Lipinski definition) is 5. The summed E-state index contributed by atoms with van der Waals surface area (Å²) in [5.41, 5.74) is 0.501. The van der Waals surface area contributed by atoms with E-state index in [9.17, 15) is 9.59 Å². The fourth-order valence-electron chi connectivity index (χ4n) is 1.09. The van der Waals surface area contributed by atoms with Gasteiger partial charge in [-0.2, -0.15) is 0 Å². The number of nitrogens with zero attached hydrogens (tertiary/aromatic N) is 2. The predicted molar refractivity (Wildman–Crippen MR) is 65.3 cm³/mol. The molecule has 7 heteroatoms. The van der Waals surface area contributed by atoms with Gasteiger partial charge in [0.15, 0.2) is 5.13 Å². The molecule has 0 bridgehead atoms. The summed E-state index contributed by atoms with van der Waals surface area (Å²) in [4.78, 5) is 27.6. The van der Waals surface area contributed by atoms with E-state index in [1.165, 1.54) is 11.3 Å². The molecule has 0 aromatic carbocycles. The molecule has 1 aromatic heterocycles. The van der Waals surface area contributed by atoms with Gasteiger partial charge in [0, 0.05) is 19.0 Å². The molecule has 6 nitrogen and oxygen atoms in total. The topological polar surface area (TPSA) is 82.5 Å². The van der Waals surface area contributed by atoms with Crippen LogP contribution in [0.1, 0.15) is 12.6 Å². The number of anilines is 1. The molecule has 0 saturated carbocycles. The number of carbonyl (C=O) groups excluding carboxylic acids is 1. The van der Waals surface area contributed by atoms with E-state index in [1.54, 1.807) is 17.3 Å². The lowest BCUT2D eigenvalue weighted by Crippen LogP contribution is -2.31. The standard InChI is InChI=1S/C10H15N3O3S/c1-3-13(2)8(14)5-11-10-12-7(6-17-10)4-9(15)16/h6H,3-5H2,1-2H3,(H,11,12)(H,15,16). The van der Waals surface area contributed by atoms with Crippen LogP contribution in [0.15, 0.2) is 5.38 Å². The summed E-state index contributed by atoms with van der Waals surface area (Å²) in [6, 6.07) is 0. The maximum Gasteiger partial charge on any atom is 0.309 e. The van der Waals surface area contributed by atoms with Crippen LogP contribution in [-0.2, 0) is 16.0 Å². The van der Waals surface area contributed by atoms with Gasteiger partial charge in [-0.15, -0.1) is 11.3 Å². The number of amides is 1. The van der Waals surface area contributed by atoms with Crippen molar-refractivity contribution in [2.75, 3.05) is 25.5 Å². The first-order chi connectivity index (χ1) is 8.02. The second-order valence-electron chi connectivity index (χ2n) is 3.48. The number of aliphatic carboxylic acids is 1. The summed E-state index contributed by atoms with van der Waals surface area (Å²) in [7, 11) is 1.72. The Morgan fingerprint density at radius 1 is 1.59 bits per heavy atom. The molecule has 0 unspecified atom stereocenters. The van der Waals surface area contributed by atoms with E-state index in [1.807, 2.05) is 6.92 Å². The van der Waals surface area contributed by atoms with Crippen LogP contribution in [0.2, 0.25) is 0 Å². The highest BCUT2D eigenvalue weighted by molar-refractivity contribution is 7.13. The molecule has 0 aliphatic heterocycles. The molecule has 0 spiro atoms. The van der Waals surface area contributed by atoms with Crippen molar-refractivity contribution in [3.8, 4) is 0 Å². The van der Waals surface area contributed by atoms with Crippen LogP contribution in [0.4, 0.5) is 5.13 Å². The zero-order valence-corrected chi connectivity index (χ0v) is 10.6. The maximum absolute atomic E-state index is 11.5. The Morgan fingerprint density at radius 2 is 2.29 bits per heavy atom. The number of carbonyl (C=O) groups is 2. The number of aromatic nitrogens is 1. The predicted octanol–water partition coefficient (Wildman–Crippen LogP) is 0.660. The lowest BCUT2D eigenvalue weighted by atomic mass is 10.3. The molecule has 0 aliphatic carbocycles. The van der Waals surface area contributed by atoms with Gasteiger partial charge in [0.1, 0.15) is 0 Å². The van der Waals surface area contributed by atoms with E-state index in [0.29, 0.717) is 17.4 Å². The maximum atomic E-state index is 11.5. The van der Waals surface area contributed by atoms with Crippen LogP contribution in [0.3, 0.4) is 0 Å². The van der Waals surface area contributed by atoms with E-state index in [0.717, 1.165) is 0 Å². The van der Waals surface area contributed by atoms with Crippen molar-refractivity contribution >= 4 is 28.3 Å². The second-order valence-corrected chi connectivity index (χ2v) is 4.33. The summed E-state index contributed by atoms with van der Waals surface area (Å²) in [6.07, 6.45) is -0.0962. The lowest BCUT2D eigenvalue weighted by Gasteiger charge is -2.14. The number of rotatable bonds is 6. The minimum atomic E-state index is -0.913. The van der Waals surface area contributed by atoms with Gasteiger partial charge < -0.3 is 15.3 Å². The first kappa shape index (κ1) is 13.4. The van der Waals surface area contributed by atoms with Crippen LogP contribution < -0.4 is 5.32 Å². The monoisotopic (exact) mass is 257 g/mol. The molecule has 0 fully saturated rings. The number of nitrogens with one attached hydrogen (secondary N) is 1. The molecule has 0 aliphatic rings. The van der Waals surface area contributed by atoms with Crippen molar-refractivity contribution in [3.63, 3.8) is 0 Å². The third kappa shape index (κ3) is 4.39. The van der Waals surface area contributed by atoms with Crippen LogP contribution in [0.25, 0.3) is 0 Å². The third-order valence-electron chi connectivity index (χ3n) is 2.18. The van der Waals surface area contributed by atoms with Gasteiger partial charge in [-0.3, -0.25) is 9.59 Å². The first-order valence-electron chi connectivity index (χ1n) is 5.17. The Kier molecular flexibility index (Phi) is 4.89. The minimum Gasteiger partial charge on any atom is -0.481 e. The van der Waals surface area contributed by atoms with Gasteiger partial charge in [-0.05, 0) is 6.92 Å². The zero-order chi connectivity index (χ0) is 12.8. The smallest absolute Gasteiger partial charge is 0.309 e. The largest absolute Gasteiger partial charge is 0.481 e. The molecule has 0 radical (unpaired) electrons. The van der Waals surface area contributed by atoms with Crippen molar-refractivity contribution in [3.05, 3.63) is 11.1 Å². The highest BCUT2D eigenvalue weighted by atomic mass is 32.1. The van der Waals surface area contributed by atoms with Gasteiger partial charge in [0.05, 0.1) is 18.7 Å². The number of likely N-dealkylation sites (N-methyl/N-ethyl adjacent to an activating group) is 1. The molecule has 2 N–H and O–H groups in total. The van der Waals surface area contributed by atoms with E-state index in [2.05, 4.69) is 10.3 Å². The molecule has 94 valence electrons. The zero-order valence-electron chi connectivity index (χ0n) is 9.77. The molecule has 17 heavy (non-hydrogen) atoms. The van der Waals surface area contributed by atoms with Gasteiger partial charge in [-0.1, -0.05) is 0 Å². The Balaban J connectivity index is 2.44. The molecule has 0 saturated heterocycles. The van der Waals surface area contributed by atoms with Crippen molar-refractivity contribution in [1.82, 2.24) is 9.88 Å². The van der Waals surface area contributed by atoms with Crippen LogP contribution in [0.5, 0.6) is 0 Å². The van der Waals surface area contributed by atoms with Crippen molar-refractivity contribution < 1.29 is 14.7 Å². The van der Waals surface area contributed by atoms with Gasteiger partial charge in [0.25, 0.3) is 0 Å². The minimum absolute atomic E-state index is 0.0255. The molecule has 1 rings (SSSR count). The second kappa shape index (κ2) is 6.19. The summed E-state index contributed by atoms with van der Waals surface area (Å²) < 4.78 is 0. The number of carboxylic acid groups (broad SMARTS) is 1. The SMILES string of the molecule is CCN(C)C(=O)CNc1nc(CC(=O)O)cs1. The molecule has 1 amide bonds. The van der Waals surface area contributed by atoms with Crippen molar-refractivity contribution in [2.45, 2.75) is 13.3 Å².